The molecule has 3 aromatic rings. The van der Waals surface area contributed by atoms with Gasteiger partial charge >= 0.3 is 0 Å². The molecule has 0 bridgehead atoms. The van der Waals surface area contributed by atoms with Gasteiger partial charge in [-0.3, -0.25) is 4.79 Å². The van der Waals surface area contributed by atoms with E-state index in [-0.39, 0.29) is 10.6 Å². The summed E-state index contributed by atoms with van der Waals surface area (Å²) >= 11 is 15.0. The molecule has 0 amide bonds. The summed E-state index contributed by atoms with van der Waals surface area (Å²) < 4.78 is 2.02. The van der Waals surface area contributed by atoms with Gasteiger partial charge in [-0.25, -0.2) is 4.68 Å². The van der Waals surface area contributed by atoms with E-state index in [0.717, 1.165) is 11.3 Å². The Kier molecular flexibility index (Phi) is 5.81. The lowest BCUT2D eigenvalue weighted by Gasteiger charge is -2.20. The Labute approximate surface area is 174 Å². The first-order valence-corrected chi connectivity index (χ1v) is 10.4. The molecule has 1 N–H and O–H groups in total. The Morgan fingerprint density at radius 1 is 1.22 bits per heavy atom. The molecule has 0 aliphatic rings. The quantitative estimate of drug-likeness (QED) is 0.587. The molecule has 0 atom stereocenters. The zero-order valence-corrected chi connectivity index (χ0v) is 18.2. The Morgan fingerprint density at radius 3 is 2.67 bits per heavy atom. The van der Waals surface area contributed by atoms with E-state index >= 15 is 0 Å². The predicted octanol–water partition coefficient (Wildman–Crippen LogP) is 5.36. The van der Waals surface area contributed by atoms with Crippen LogP contribution in [-0.2, 0) is 5.54 Å². The van der Waals surface area contributed by atoms with Crippen molar-refractivity contribution in [2.75, 3.05) is 5.32 Å². The van der Waals surface area contributed by atoms with Crippen molar-refractivity contribution in [2.24, 2.45) is 0 Å². The van der Waals surface area contributed by atoms with Crippen LogP contribution < -0.4 is 10.9 Å². The fourth-order valence-corrected chi connectivity index (χ4v) is 4.35. The molecule has 3 rings (SSSR count). The van der Waals surface area contributed by atoms with Gasteiger partial charge in [0.15, 0.2) is 4.34 Å². The molecule has 0 radical (unpaired) electrons. The Hall–Kier alpha value is -1.61. The van der Waals surface area contributed by atoms with E-state index in [4.69, 9.17) is 23.2 Å². The van der Waals surface area contributed by atoms with E-state index in [2.05, 4.69) is 20.6 Å². The van der Waals surface area contributed by atoms with Gasteiger partial charge in [-0.1, -0.05) is 52.4 Å². The molecule has 2 heterocycles. The summed E-state index contributed by atoms with van der Waals surface area (Å²) in [5.74, 6) is 0. The first-order valence-electron chi connectivity index (χ1n) is 7.98. The molecule has 0 spiro atoms. The van der Waals surface area contributed by atoms with Crippen molar-refractivity contribution in [1.29, 1.82) is 0 Å². The second kappa shape index (κ2) is 7.79. The molecular formula is C17H17Cl2N5OS2. The molecule has 0 aliphatic heterocycles. The van der Waals surface area contributed by atoms with Crippen LogP contribution in [0, 0.1) is 6.92 Å². The standard InChI is InChI=1S/C17H17Cl2N5OS2/c1-9-10(18)6-5-7-11(9)21-15-22-23-16(27-15)26-12-8-20-24(17(2,3)4)14(25)13(12)19/h5-8H,1-4H3,(H,21,22). The maximum Gasteiger partial charge on any atom is 0.287 e. The predicted molar refractivity (Wildman–Crippen MR) is 112 cm³/mol. The molecule has 0 unspecified atom stereocenters. The topological polar surface area (TPSA) is 72.7 Å². The third-order valence-corrected chi connectivity index (χ3v) is 6.44. The van der Waals surface area contributed by atoms with Crippen molar-refractivity contribution < 1.29 is 0 Å². The summed E-state index contributed by atoms with van der Waals surface area (Å²) in [6, 6.07) is 5.62. The van der Waals surface area contributed by atoms with Gasteiger partial charge in [0.05, 0.1) is 16.6 Å². The number of anilines is 2. The van der Waals surface area contributed by atoms with Crippen LogP contribution in [0.2, 0.25) is 10.0 Å². The number of halogens is 2. The first-order chi connectivity index (χ1) is 12.7. The van der Waals surface area contributed by atoms with Gasteiger partial charge in [0.1, 0.15) is 5.02 Å². The molecule has 0 saturated carbocycles. The molecule has 0 fully saturated rings. The second-order valence-electron chi connectivity index (χ2n) is 6.72. The van der Waals surface area contributed by atoms with Gasteiger partial charge in [-0.05, 0) is 45.4 Å². The number of nitrogens with one attached hydrogen (secondary N) is 1. The minimum absolute atomic E-state index is 0.125. The van der Waals surface area contributed by atoms with Gasteiger partial charge in [0.25, 0.3) is 5.56 Å². The number of nitrogens with zero attached hydrogens (tertiary/aromatic N) is 4. The van der Waals surface area contributed by atoms with E-state index in [1.54, 1.807) is 6.20 Å². The minimum atomic E-state index is -0.446. The highest BCUT2D eigenvalue weighted by Gasteiger charge is 2.20. The van der Waals surface area contributed by atoms with Crippen molar-refractivity contribution in [3.63, 3.8) is 0 Å². The van der Waals surface area contributed by atoms with E-state index in [9.17, 15) is 4.79 Å². The summed E-state index contributed by atoms with van der Waals surface area (Å²) in [6.07, 6.45) is 1.58. The van der Waals surface area contributed by atoms with Crippen molar-refractivity contribution in [1.82, 2.24) is 20.0 Å². The van der Waals surface area contributed by atoms with Crippen LogP contribution >= 0.6 is 46.3 Å². The lowest BCUT2D eigenvalue weighted by atomic mass is 10.1. The van der Waals surface area contributed by atoms with Crippen LogP contribution in [0.15, 0.2) is 38.4 Å². The summed E-state index contributed by atoms with van der Waals surface area (Å²) in [5, 5.41) is 17.1. The summed E-state index contributed by atoms with van der Waals surface area (Å²) in [7, 11) is 0. The molecule has 10 heteroatoms. The number of hydrogen-bond acceptors (Lipinski definition) is 7. The molecule has 1 aromatic carbocycles. The SMILES string of the molecule is Cc1c(Cl)cccc1Nc1nnc(Sc2cnn(C(C)(C)C)c(=O)c2Cl)s1. The Balaban J connectivity index is 1.81. The van der Waals surface area contributed by atoms with E-state index in [0.29, 0.717) is 19.4 Å². The van der Waals surface area contributed by atoms with Gasteiger partial charge in [-0.15, -0.1) is 10.2 Å². The Morgan fingerprint density at radius 2 is 1.96 bits per heavy atom. The zero-order valence-electron chi connectivity index (χ0n) is 15.1. The molecule has 6 nitrogen and oxygen atoms in total. The van der Waals surface area contributed by atoms with Gasteiger partial charge < -0.3 is 5.32 Å². The molecule has 0 saturated heterocycles. The first kappa shape index (κ1) is 20.1. The van der Waals surface area contributed by atoms with Crippen LogP contribution in [0.3, 0.4) is 0 Å². The Bertz CT molecular complexity index is 1040. The number of benzene rings is 1. The highest BCUT2D eigenvalue weighted by Crippen LogP contribution is 2.36. The van der Waals surface area contributed by atoms with Crippen LogP contribution in [0.1, 0.15) is 26.3 Å². The average molecular weight is 442 g/mol. The fourth-order valence-electron chi connectivity index (χ4n) is 2.22. The molecule has 27 heavy (non-hydrogen) atoms. The fraction of sp³-hybridized carbons (Fsp3) is 0.294. The normalized spacial score (nSPS) is 11.6. The van der Waals surface area contributed by atoms with Crippen molar-refractivity contribution in [3.8, 4) is 0 Å². The van der Waals surface area contributed by atoms with Crippen LogP contribution in [0.5, 0.6) is 0 Å². The largest absolute Gasteiger partial charge is 0.330 e. The molecule has 0 aliphatic carbocycles. The van der Waals surface area contributed by atoms with Gasteiger partial charge in [-0.2, -0.15) is 5.10 Å². The van der Waals surface area contributed by atoms with Crippen LogP contribution in [0.25, 0.3) is 0 Å². The number of aromatic nitrogens is 4. The monoisotopic (exact) mass is 441 g/mol. The van der Waals surface area contributed by atoms with E-state index in [1.165, 1.54) is 27.8 Å². The zero-order chi connectivity index (χ0) is 19.8. The van der Waals surface area contributed by atoms with Crippen molar-refractivity contribution >= 4 is 57.1 Å². The van der Waals surface area contributed by atoms with Crippen molar-refractivity contribution in [3.05, 3.63) is 50.4 Å². The number of hydrogen-bond donors (Lipinski definition) is 1. The smallest absolute Gasteiger partial charge is 0.287 e. The van der Waals surface area contributed by atoms with Crippen LogP contribution in [-0.4, -0.2) is 20.0 Å². The summed E-state index contributed by atoms with van der Waals surface area (Å²) in [5.41, 5.74) is 1.02. The maximum atomic E-state index is 12.4. The molecular weight excluding hydrogens is 425 g/mol. The van der Waals surface area contributed by atoms with E-state index in [1.807, 2.05) is 45.9 Å². The summed E-state index contributed by atoms with van der Waals surface area (Å²) in [6.45, 7) is 7.61. The van der Waals surface area contributed by atoms with Gasteiger partial charge in [0.2, 0.25) is 5.13 Å². The van der Waals surface area contributed by atoms with Crippen LogP contribution in [0.4, 0.5) is 10.8 Å². The second-order valence-corrected chi connectivity index (χ2v) is 9.77. The average Bonchev–Trinajstić information content (AvgIpc) is 3.02. The highest BCUT2D eigenvalue weighted by atomic mass is 35.5. The van der Waals surface area contributed by atoms with Crippen molar-refractivity contribution in [2.45, 2.75) is 42.5 Å². The third kappa shape index (κ3) is 4.45. The lowest BCUT2D eigenvalue weighted by molar-refractivity contribution is 0.336. The summed E-state index contributed by atoms with van der Waals surface area (Å²) in [4.78, 5) is 13.0. The highest BCUT2D eigenvalue weighted by molar-refractivity contribution is 8.01. The molecule has 142 valence electrons. The third-order valence-electron chi connectivity index (χ3n) is 3.64. The molecule has 2 aromatic heterocycles. The maximum absolute atomic E-state index is 12.4. The number of rotatable bonds is 4. The van der Waals surface area contributed by atoms with E-state index < -0.39 is 5.54 Å². The minimum Gasteiger partial charge on any atom is -0.330 e. The van der Waals surface area contributed by atoms with Gasteiger partial charge in [0, 0.05) is 10.7 Å². The lowest BCUT2D eigenvalue weighted by Crippen LogP contribution is -2.36.